The maximum atomic E-state index is 12.2. The Balaban J connectivity index is 1.46. The Hall–Kier alpha value is -1.19. The second-order valence-electron chi connectivity index (χ2n) is 7.99. The monoisotopic (exact) mass is 351 g/mol. The van der Waals surface area contributed by atoms with Crippen molar-refractivity contribution in [3.05, 3.63) is 23.9 Å². The van der Waals surface area contributed by atoms with E-state index < -0.39 is 6.61 Å². The Labute approximate surface area is 150 Å². The van der Waals surface area contributed by atoms with Gasteiger partial charge in [0, 0.05) is 12.3 Å². The van der Waals surface area contributed by atoms with E-state index in [9.17, 15) is 8.78 Å². The van der Waals surface area contributed by atoms with Crippen molar-refractivity contribution in [2.45, 2.75) is 83.7 Å². The molecule has 0 aromatic carbocycles. The van der Waals surface area contributed by atoms with E-state index in [-0.39, 0.29) is 5.88 Å². The maximum Gasteiger partial charge on any atom is 0.388 e. The summed E-state index contributed by atoms with van der Waals surface area (Å²) in [5.41, 5.74) is 1.17. The van der Waals surface area contributed by atoms with Gasteiger partial charge in [-0.3, -0.25) is 0 Å². The molecular formula is C21H31F2NO. The van der Waals surface area contributed by atoms with Crippen molar-refractivity contribution in [3.8, 4) is 5.88 Å². The van der Waals surface area contributed by atoms with Gasteiger partial charge in [0.2, 0.25) is 5.88 Å². The molecule has 140 valence electrons. The quantitative estimate of drug-likeness (QED) is 0.579. The zero-order valence-electron chi connectivity index (χ0n) is 15.3. The molecule has 0 unspecified atom stereocenters. The molecule has 0 saturated heterocycles. The normalized spacial score (nSPS) is 30.4. The number of ether oxygens (including phenoxy) is 1. The van der Waals surface area contributed by atoms with Crippen molar-refractivity contribution in [2.75, 3.05) is 0 Å². The minimum absolute atomic E-state index is 0.0104. The summed E-state index contributed by atoms with van der Waals surface area (Å²) in [4.78, 5) is 4.03. The average molecular weight is 351 g/mol. The van der Waals surface area contributed by atoms with Crippen molar-refractivity contribution in [1.29, 1.82) is 0 Å². The van der Waals surface area contributed by atoms with Crippen LogP contribution in [-0.4, -0.2) is 11.6 Å². The zero-order chi connectivity index (χ0) is 17.6. The van der Waals surface area contributed by atoms with Crippen molar-refractivity contribution in [2.24, 2.45) is 17.8 Å². The predicted molar refractivity (Wildman–Crippen MR) is 95.9 cm³/mol. The highest BCUT2D eigenvalue weighted by atomic mass is 19.3. The summed E-state index contributed by atoms with van der Waals surface area (Å²) in [6.45, 7) is -0.504. The van der Waals surface area contributed by atoms with Crippen molar-refractivity contribution >= 4 is 0 Å². The van der Waals surface area contributed by atoms with Crippen LogP contribution in [0.25, 0.3) is 0 Å². The molecule has 4 heteroatoms. The van der Waals surface area contributed by atoms with Crippen LogP contribution in [0, 0.1) is 17.8 Å². The first-order valence-corrected chi connectivity index (χ1v) is 10.1. The average Bonchev–Trinajstić information content (AvgIpc) is 2.63. The summed E-state index contributed by atoms with van der Waals surface area (Å²) in [6, 6.07) is 3.48. The maximum absolute atomic E-state index is 12.2. The highest BCUT2D eigenvalue weighted by Gasteiger charge is 2.31. The second-order valence-corrected chi connectivity index (χ2v) is 7.99. The Bertz CT molecular complexity index is 503. The fourth-order valence-electron chi connectivity index (χ4n) is 5.07. The van der Waals surface area contributed by atoms with Crippen LogP contribution >= 0.6 is 0 Å². The molecule has 3 rings (SSSR count). The number of pyridine rings is 1. The van der Waals surface area contributed by atoms with E-state index in [2.05, 4.69) is 16.6 Å². The molecule has 0 spiro atoms. The van der Waals surface area contributed by atoms with Crippen LogP contribution in [0.15, 0.2) is 18.3 Å². The second kappa shape index (κ2) is 8.95. The van der Waals surface area contributed by atoms with Crippen LogP contribution in [0.3, 0.4) is 0 Å². The first kappa shape index (κ1) is 18.6. The lowest BCUT2D eigenvalue weighted by Crippen LogP contribution is -2.25. The number of rotatable bonds is 6. The van der Waals surface area contributed by atoms with Crippen LogP contribution < -0.4 is 4.74 Å². The molecule has 2 aliphatic carbocycles. The van der Waals surface area contributed by atoms with Gasteiger partial charge in [-0.1, -0.05) is 38.7 Å². The summed E-state index contributed by atoms with van der Waals surface area (Å²) < 4.78 is 28.7. The standard InChI is InChI=1S/C21H31F2NO/c1-2-3-15-4-6-16(7-5-15)17-8-10-18(11-9-17)19-12-13-20(24-14-19)25-21(22)23/h12-18,21H,2-11H2,1H3. The van der Waals surface area contributed by atoms with Crippen LogP contribution in [0.5, 0.6) is 5.88 Å². The summed E-state index contributed by atoms with van der Waals surface area (Å²) in [6.07, 6.45) is 15.2. The molecule has 1 aromatic rings. The SMILES string of the molecule is CCCC1CCC(C2CCC(c3ccc(OC(F)F)nc3)CC2)CC1. The molecule has 0 bridgehead atoms. The third-order valence-corrected chi connectivity index (χ3v) is 6.47. The summed E-state index contributed by atoms with van der Waals surface area (Å²) in [5.74, 6) is 3.36. The summed E-state index contributed by atoms with van der Waals surface area (Å²) in [5, 5.41) is 0. The zero-order valence-corrected chi connectivity index (χ0v) is 15.3. The van der Waals surface area contributed by atoms with Gasteiger partial charge in [-0.25, -0.2) is 4.98 Å². The highest BCUT2D eigenvalue weighted by Crippen LogP contribution is 2.44. The van der Waals surface area contributed by atoms with Crippen molar-refractivity contribution in [3.63, 3.8) is 0 Å². The van der Waals surface area contributed by atoms with Crippen molar-refractivity contribution < 1.29 is 13.5 Å². The molecule has 0 aliphatic heterocycles. The van der Waals surface area contributed by atoms with E-state index in [1.165, 1.54) is 69.8 Å². The summed E-state index contributed by atoms with van der Waals surface area (Å²) >= 11 is 0. The fourth-order valence-corrected chi connectivity index (χ4v) is 5.07. The number of aromatic nitrogens is 1. The largest absolute Gasteiger partial charge is 0.417 e. The lowest BCUT2D eigenvalue weighted by atomic mass is 9.68. The van der Waals surface area contributed by atoms with E-state index in [4.69, 9.17) is 0 Å². The van der Waals surface area contributed by atoms with E-state index in [0.717, 1.165) is 17.8 Å². The van der Waals surface area contributed by atoms with Gasteiger partial charge in [-0.05, 0) is 67.8 Å². The molecular weight excluding hydrogens is 320 g/mol. The van der Waals surface area contributed by atoms with Crippen LogP contribution in [0.2, 0.25) is 0 Å². The van der Waals surface area contributed by atoms with Gasteiger partial charge in [-0.15, -0.1) is 0 Å². The lowest BCUT2D eigenvalue weighted by Gasteiger charge is -2.38. The Morgan fingerprint density at radius 1 is 1.00 bits per heavy atom. The van der Waals surface area contributed by atoms with E-state index in [1.54, 1.807) is 12.3 Å². The number of hydrogen-bond donors (Lipinski definition) is 0. The van der Waals surface area contributed by atoms with Crippen LogP contribution in [-0.2, 0) is 0 Å². The molecule has 2 fully saturated rings. The molecule has 0 amide bonds. The highest BCUT2D eigenvalue weighted by molar-refractivity contribution is 5.21. The van der Waals surface area contributed by atoms with Gasteiger partial charge < -0.3 is 4.74 Å². The van der Waals surface area contributed by atoms with Gasteiger partial charge in [0.15, 0.2) is 0 Å². The smallest absolute Gasteiger partial charge is 0.388 e. The van der Waals surface area contributed by atoms with Gasteiger partial charge in [0.25, 0.3) is 0 Å². The van der Waals surface area contributed by atoms with E-state index in [1.807, 2.05) is 6.07 Å². The number of nitrogens with zero attached hydrogens (tertiary/aromatic N) is 1. The lowest BCUT2D eigenvalue weighted by molar-refractivity contribution is -0.0528. The van der Waals surface area contributed by atoms with Crippen molar-refractivity contribution in [1.82, 2.24) is 4.98 Å². The molecule has 0 atom stereocenters. The van der Waals surface area contributed by atoms with Gasteiger partial charge in [-0.2, -0.15) is 8.78 Å². The fraction of sp³-hybridized carbons (Fsp3) is 0.762. The molecule has 25 heavy (non-hydrogen) atoms. The molecule has 0 N–H and O–H groups in total. The molecule has 1 heterocycles. The third-order valence-electron chi connectivity index (χ3n) is 6.47. The molecule has 2 nitrogen and oxygen atoms in total. The van der Waals surface area contributed by atoms with Gasteiger partial charge >= 0.3 is 6.61 Å². The number of hydrogen-bond acceptors (Lipinski definition) is 2. The van der Waals surface area contributed by atoms with Crippen LogP contribution in [0.4, 0.5) is 8.78 Å². The Morgan fingerprint density at radius 3 is 2.16 bits per heavy atom. The Morgan fingerprint density at radius 2 is 1.64 bits per heavy atom. The molecule has 1 aromatic heterocycles. The predicted octanol–water partition coefficient (Wildman–Crippen LogP) is 6.56. The first-order valence-electron chi connectivity index (χ1n) is 10.1. The molecule has 2 aliphatic rings. The van der Waals surface area contributed by atoms with Gasteiger partial charge in [0.1, 0.15) is 0 Å². The topological polar surface area (TPSA) is 22.1 Å². The minimum atomic E-state index is -2.80. The van der Waals surface area contributed by atoms with Crippen LogP contribution in [0.1, 0.15) is 82.6 Å². The molecule has 0 radical (unpaired) electrons. The van der Waals surface area contributed by atoms with E-state index >= 15 is 0 Å². The third kappa shape index (κ3) is 5.15. The first-order chi connectivity index (χ1) is 12.2. The Kier molecular flexibility index (Phi) is 6.66. The number of alkyl halides is 2. The summed E-state index contributed by atoms with van der Waals surface area (Å²) in [7, 11) is 0. The number of halogens is 2. The van der Waals surface area contributed by atoms with Gasteiger partial charge in [0.05, 0.1) is 0 Å². The van der Waals surface area contributed by atoms with E-state index in [0.29, 0.717) is 5.92 Å². The minimum Gasteiger partial charge on any atom is -0.417 e. The molecule has 2 saturated carbocycles.